The number of nitrogens with zero attached hydrogens (tertiary/aromatic N) is 2. The molecule has 4 nitrogen and oxygen atoms in total. The Kier molecular flexibility index (Phi) is 7.51. The third kappa shape index (κ3) is 6.19. The summed E-state index contributed by atoms with van der Waals surface area (Å²) in [5, 5.41) is 10.4. The van der Waals surface area contributed by atoms with E-state index in [1.165, 1.54) is 11.3 Å². The highest BCUT2D eigenvalue weighted by Crippen LogP contribution is 2.41. The van der Waals surface area contributed by atoms with E-state index < -0.39 is 24.4 Å². The van der Waals surface area contributed by atoms with Crippen LogP contribution in [0.2, 0.25) is 0 Å². The normalized spacial score (nSPS) is 22.1. The number of likely N-dealkylation sites (tertiary alicyclic amines) is 1. The van der Waals surface area contributed by atoms with Gasteiger partial charge >= 0.3 is 6.18 Å². The van der Waals surface area contributed by atoms with Gasteiger partial charge < -0.3 is 9.84 Å². The Labute approximate surface area is 206 Å². The van der Waals surface area contributed by atoms with Gasteiger partial charge in [0.2, 0.25) is 0 Å². The van der Waals surface area contributed by atoms with E-state index in [0.29, 0.717) is 13.0 Å². The fourth-order valence-corrected chi connectivity index (χ4v) is 5.28. The van der Waals surface area contributed by atoms with Gasteiger partial charge in [0, 0.05) is 25.7 Å². The summed E-state index contributed by atoms with van der Waals surface area (Å²) < 4.78 is 46.6. The van der Waals surface area contributed by atoms with Gasteiger partial charge in [0.15, 0.2) is 0 Å². The maximum absolute atomic E-state index is 13.5. The van der Waals surface area contributed by atoms with Gasteiger partial charge in [-0.1, -0.05) is 43.7 Å². The number of aliphatic hydroxyl groups is 1. The molecule has 0 aliphatic carbocycles. The van der Waals surface area contributed by atoms with Crippen LogP contribution in [-0.4, -0.2) is 59.9 Å². The second kappa shape index (κ2) is 10.1. The van der Waals surface area contributed by atoms with Crippen LogP contribution < -0.4 is 4.74 Å². The minimum Gasteiger partial charge on any atom is -0.492 e. The summed E-state index contributed by atoms with van der Waals surface area (Å²) in [6.45, 7) is 10.3. The summed E-state index contributed by atoms with van der Waals surface area (Å²) in [6.07, 6.45) is -2.58. The van der Waals surface area contributed by atoms with Gasteiger partial charge in [-0.3, -0.25) is 9.80 Å². The first-order chi connectivity index (χ1) is 16.4. The van der Waals surface area contributed by atoms with E-state index in [0.717, 1.165) is 53.6 Å². The molecule has 1 fully saturated rings. The predicted octanol–water partition coefficient (Wildman–Crippen LogP) is 5.53. The second-order valence-electron chi connectivity index (χ2n) is 10.7. The number of alkyl halides is 3. The maximum atomic E-state index is 13.5. The van der Waals surface area contributed by atoms with Crippen molar-refractivity contribution >= 4 is 0 Å². The van der Waals surface area contributed by atoms with E-state index in [-0.39, 0.29) is 6.04 Å². The molecule has 192 valence electrons. The maximum Gasteiger partial charge on any atom is 0.401 e. The number of halogens is 3. The minimum absolute atomic E-state index is 0.300. The van der Waals surface area contributed by atoms with Crippen molar-refractivity contribution in [2.75, 3.05) is 32.8 Å². The summed E-state index contributed by atoms with van der Waals surface area (Å²) in [6, 6.07) is 12.3. The van der Waals surface area contributed by atoms with Crippen molar-refractivity contribution < 1.29 is 23.0 Å². The minimum atomic E-state index is -4.30. The largest absolute Gasteiger partial charge is 0.492 e. The number of benzene rings is 2. The number of ether oxygens (including phenoxy) is 1. The average molecular weight is 491 g/mol. The molecule has 2 atom stereocenters. The first-order valence-electron chi connectivity index (χ1n) is 12.6. The molecular formula is C28H37F3N2O2. The van der Waals surface area contributed by atoms with E-state index in [4.69, 9.17) is 4.74 Å². The van der Waals surface area contributed by atoms with Crippen molar-refractivity contribution in [3.05, 3.63) is 64.7 Å². The zero-order chi connectivity index (χ0) is 25.4. The monoisotopic (exact) mass is 490 g/mol. The smallest absolute Gasteiger partial charge is 0.401 e. The van der Waals surface area contributed by atoms with E-state index in [9.17, 15) is 18.3 Å². The van der Waals surface area contributed by atoms with Crippen molar-refractivity contribution in [2.45, 2.75) is 64.4 Å². The topological polar surface area (TPSA) is 35.9 Å². The Morgan fingerprint density at radius 2 is 1.74 bits per heavy atom. The van der Waals surface area contributed by atoms with Crippen molar-refractivity contribution in [1.29, 1.82) is 0 Å². The zero-order valence-corrected chi connectivity index (χ0v) is 21.1. The first kappa shape index (κ1) is 26.0. The molecule has 2 aliphatic rings. The molecule has 0 bridgehead atoms. The Balaban J connectivity index is 1.55. The molecule has 2 aromatic carbocycles. The van der Waals surface area contributed by atoms with E-state index in [1.807, 2.05) is 49.4 Å². The van der Waals surface area contributed by atoms with Crippen LogP contribution in [0.1, 0.15) is 62.4 Å². The molecule has 0 radical (unpaired) electrons. The summed E-state index contributed by atoms with van der Waals surface area (Å²) in [5.41, 5.74) is 2.41. The molecule has 0 unspecified atom stereocenters. The van der Waals surface area contributed by atoms with Crippen LogP contribution in [0.4, 0.5) is 13.2 Å². The molecule has 4 rings (SSSR count). The molecule has 0 saturated carbocycles. The third-order valence-corrected chi connectivity index (χ3v) is 7.40. The van der Waals surface area contributed by atoms with Crippen LogP contribution in [0.5, 0.6) is 5.75 Å². The standard InChI is InChI=1S/C28H37F3N2O2/c1-5-20-16-32(17-20)12-13-35-24-9-6-21(7-10-24)26-25-11-8-23(27(3,4)34)15-22(25)14-19(2)33(26)18-28(29,30)31/h6-11,15,19-20,26,34H,5,12-14,16-18H2,1-4H3/t19-,26-/m1/s1. The van der Waals surface area contributed by atoms with Crippen molar-refractivity contribution in [2.24, 2.45) is 5.92 Å². The molecule has 1 saturated heterocycles. The van der Waals surface area contributed by atoms with Gasteiger partial charge in [0.25, 0.3) is 0 Å². The summed E-state index contributed by atoms with van der Waals surface area (Å²) in [4.78, 5) is 3.91. The molecule has 35 heavy (non-hydrogen) atoms. The van der Waals surface area contributed by atoms with Gasteiger partial charge in [0.05, 0.1) is 18.2 Å². The molecule has 0 spiro atoms. The molecule has 0 aromatic heterocycles. The van der Waals surface area contributed by atoms with Crippen molar-refractivity contribution in [1.82, 2.24) is 9.80 Å². The second-order valence-corrected chi connectivity index (χ2v) is 10.7. The van der Waals surface area contributed by atoms with E-state index in [2.05, 4.69) is 11.8 Å². The van der Waals surface area contributed by atoms with Crippen molar-refractivity contribution in [3.8, 4) is 5.75 Å². The van der Waals surface area contributed by atoms with Gasteiger partial charge in [-0.2, -0.15) is 13.2 Å². The summed E-state index contributed by atoms with van der Waals surface area (Å²) in [5.74, 6) is 1.53. The highest BCUT2D eigenvalue weighted by atomic mass is 19.4. The van der Waals surface area contributed by atoms with Gasteiger partial charge in [-0.05, 0) is 67.5 Å². The fourth-order valence-electron chi connectivity index (χ4n) is 5.28. The van der Waals surface area contributed by atoms with Crippen molar-refractivity contribution in [3.63, 3.8) is 0 Å². The Morgan fingerprint density at radius 1 is 1.06 bits per heavy atom. The highest BCUT2D eigenvalue weighted by Gasteiger charge is 2.40. The zero-order valence-electron chi connectivity index (χ0n) is 21.1. The molecular weight excluding hydrogens is 453 g/mol. The SMILES string of the molecule is CCC1CN(CCOc2ccc([C@@H]3c4ccc(C(C)(C)O)cc4C[C@@H](C)N3CC(F)(F)F)cc2)C1. The lowest BCUT2D eigenvalue weighted by Crippen LogP contribution is -2.47. The molecule has 2 aromatic rings. The lowest BCUT2D eigenvalue weighted by molar-refractivity contribution is -0.155. The van der Waals surface area contributed by atoms with Gasteiger partial charge in [0.1, 0.15) is 12.4 Å². The molecule has 7 heteroatoms. The molecule has 1 N–H and O–H groups in total. The number of hydrogen-bond donors (Lipinski definition) is 1. The molecule has 2 heterocycles. The van der Waals surface area contributed by atoms with E-state index in [1.54, 1.807) is 13.8 Å². The Bertz CT molecular complexity index is 995. The number of hydrogen-bond acceptors (Lipinski definition) is 4. The van der Waals surface area contributed by atoms with Crippen LogP contribution >= 0.6 is 0 Å². The molecule has 2 aliphatic heterocycles. The number of rotatable bonds is 8. The predicted molar refractivity (Wildman–Crippen MR) is 132 cm³/mol. The average Bonchev–Trinajstić information content (AvgIpc) is 2.74. The van der Waals surface area contributed by atoms with Crippen LogP contribution in [0.3, 0.4) is 0 Å². The highest BCUT2D eigenvalue weighted by molar-refractivity contribution is 5.44. The third-order valence-electron chi connectivity index (χ3n) is 7.40. The van der Waals surface area contributed by atoms with Crippen LogP contribution in [0, 0.1) is 5.92 Å². The quantitative estimate of drug-likeness (QED) is 0.528. The summed E-state index contributed by atoms with van der Waals surface area (Å²) >= 11 is 0. The number of fused-ring (bicyclic) bond motifs is 1. The van der Waals surface area contributed by atoms with Gasteiger partial charge in [-0.15, -0.1) is 0 Å². The van der Waals surface area contributed by atoms with Gasteiger partial charge in [-0.25, -0.2) is 0 Å². The first-order valence-corrected chi connectivity index (χ1v) is 12.6. The lowest BCUT2D eigenvalue weighted by atomic mass is 9.82. The van der Waals surface area contributed by atoms with Crippen LogP contribution in [0.25, 0.3) is 0 Å². The Morgan fingerprint density at radius 3 is 2.34 bits per heavy atom. The fraction of sp³-hybridized carbons (Fsp3) is 0.571. The lowest BCUT2D eigenvalue weighted by Gasteiger charge is -2.43. The Hall–Kier alpha value is -2.09. The van der Waals surface area contributed by atoms with Crippen LogP contribution in [-0.2, 0) is 12.0 Å². The van der Waals surface area contributed by atoms with E-state index >= 15 is 0 Å². The van der Waals surface area contributed by atoms with Crippen LogP contribution in [0.15, 0.2) is 42.5 Å². The molecule has 0 amide bonds. The summed E-state index contributed by atoms with van der Waals surface area (Å²) in [7, 11) is 0.